The third-order valence-electron chi connectivity index (χ3n) is 5.36. The first kappa shape index (κ1) is 22.9. The van der Waals surface area contributed by atoms with Gasteiger partial charge >= 0.3 is 6.18 Å². The van der Waals surface area contributed by atoms with Crippen LogP contribution in [0.15, 0.2) is 12.1 Å². The minimum absolute atomic E-state index is 0.168. The van der Waals surface area contributed by atoms with E-state index in [2.05, 4.69) is 5.32 Å². The molecule has 0 aromatic heterocycles. The fraction of sp³-hybridized carbons (Fsp3) is 0.556. The summed E-state index contributed by atoms with van der Waals surface area (Å²) >= 11 is 0. The maximum Gasteiger partial charge on any atom is 0.417 e. The normalized spacial score (nSPS) is 28.1. The Hall–Kier alpha value is -2.43. The van der Waals surface area contributed by atoms with Crippen molar-refractivity contribution in [2.75, 3.05) is 7.11 Å². The number of hydrogen-bond acceptors (Lipinski definition) is 4. The Balaban J connectivity index is 2.60. The average molecular weight is 424 g/mol. The molecule has 162 valence electrons. The number of alkyl halides is 3. The smallest absolute Gasteiger partial charge is 0.417 e. The van der Waals surface area contributed by atoms with Crippen molar-refractivity contribution in [3.05, 3.63) is 29.3 Å². The molecule has 1 aliphatic heterocycles. The summed E-state index contributed by atoms with van der Waals surface area (Å²) in [6.07, 6.45) is -6.64. The molecule has 2 amide bonds. The van der Waals surface area contributed by atoms with E-state index in [1.54, 1.807) is 0 Å². The number of carbonyl (C=O) groups is 2. The fourth-order valence-electron chi connectivity index (χ4n) is 3.41. The van der Waals surface area contributed by atoms with Gasteiger partial charge in [0.05, 0.1) is 7.11 Å². The molecule has 6 nitrogen and oxygen atoms in total. The van der Waals surface area contributed by atoms with Gasteiger partial charge in [-0.05, 0) is 19.9 Å². The molecule has 1 saturated heterocycles. The lowest BCUT2D eigenvalue weighted by Crippen LogP contribution is -2.49. The summed E-state index contributed by atoms with van der Waals surface area (Å²) in [6.45, 7) is 3.19. The molecule has 1 fully saturated rings. The van der Waals surface area contributed by atoms with E-state index in [1.807, 2.05) is 0 Å². The molecular formula is C18H21F5N2O4. The van der Waals surface area contributed by atoms with Crippen molar-refractivity contribution < 1.29 is 41.0 Å². The van der Waals surface area contributed by atoms with E-state index in [-0.39, 0.29) is 5.56 Å². The molecule has 29 heavy (non-hydrogen) atoms. The van der Waals surface area contributed by atoms with Gasteiger partial charge in [-0.3, -0.25) is 9.59 Å². The van der Waals surface area contributed by atoms with Crippen LogP contribution in [0.4, 0.5) is 22.0 Å². The maximum atomic E-state index is 14.2. The monoisotopic (exact) mass is 424 g/mol. The molecule has 0 bridgehead atoms. The Morgan fingerprint density at radius 3 is 2.38 bits per heavy atom. The Morgan fingerprint density at radius 2 is 1.90 bits per heavy atom. The average Bonchev–Trinajstić information content (AvgIpc) is 2.89. The molecule has 0 spiro atoms. The topological polar surface area (TPSA) is 90.6 Å². The van der Waals surface area contributed by atoms with Crippen LogP contribution < -0.4 is 15.8 Å². The van der Waals surface area contributed by atoms with Gasteiger partial charge in [-0.15, -0.1) is 0 Å². The summed E-state index contributed by atoms with van der Waals surface area (Å²) in [5, 5.41) is 2.18. The summed E-state index contributed by atoms with van der Waals surface area (Å²) in [6, 6.07) is 0.581. The van der Waals surface area contributed by atoms with Crippen molar-refractivity contribution in [2.45, 2.75) is 50.6 Å². The number of methoxy groups -OCH3 is 1. The number of nitrogens with two attached hydrogens (primary N) is 1. The molecule has 1 aliphatic rings. The molecule has 1 aromatic rings. The molecule has 0 saturated carbocycles. The second-order valence-corrected chi connectivity index (χ2v) is 7.07. The second kappa shape index (κ2) is 7.77. The van der Waals surface area contributed by atoms with E-state index >= 15 is 0 Å². The number of rotatable bonds is 5. The maximum absolute atomic E-state index is 14.2. The summed E-state index contributed by atoms with van der Waals surface area (Å²) in [5.74, 6) is -8.00. The SMILES string of the molecule is COc1c([C@H]2[C@H](C(=O)N[C@@H](C)C(N)=O)O[C@@](C)(C(F)(F)F)[C@H]2C)ccc(F)c1F. The van der Waals surface area contributed by atoms with Crippen LogP contribution in [0.2, 0.25) is 0 Å². The first-order valence-corrected chi connectivity index (χ1v) is 8.62. The zero-order valence-corrected chi connectivity index (χ0v) is 16.1. The van der Waals surface area contributed by atoms with E-state index in [0.717, 1.165) is 26.2 Å². The van der Waals surface area contributed by atoms with Gasteiger partial charge < -0.3 is 20.5 Å². The summed E-state index contributed by atoms with van der Waals surface area (Å²) in [5.41, 5.74) is 2.13. The Kier molecular flexibility index (Phi) is 6.12. The molecule has 3 N–H and O–H groups in total. The van der Waals surface area contributed by atoms with Crippen LogP contribution in [0.3, 0.4) is 0 Å². The van der Waals surface area contributed by atoms with E-state index < -0.39 is 65.0 Å². The number of hydrogen-bond donors (Lipinski definition) is 2. The molecule has 0 unspecified atom stereocenters. The van der Waals surface area contributed by atoms with Crippen LogP contribution in [0.1, 0.15) is 32.3 Å². The number of nitrogens with one attached hydrogen (secondary N) is 1. The highest BCUT2D eigenvalue weighted by atomic mass is 19.4. The highest BCUT2D eigenvalue weighted by molar-refractivity contribution is 5.89. The number of amides is 2. The van der Waals surface area contributed by atoms with Gasteiger partial charge in [0, 0.05) is 17.4 Å². The van der Waals surface area contributed by atoms with Crippen molar-refractivity contribution in [2.24, 2.45) is 11.7 Å². The van der Waals surface area contributed by atoms with Gasteiger partial charge in [-0.1, -0.05) is 13.0 Å². The van der Waals surface area contributed by atoms with E-state index in [4.69, 9.17) is 15.2 Å². The minimum atomic E-state index is -4.87. The standard InChI is InChI=1S/C18H21F5N2O4/c1-7-11(9-5-6-10(19)12(20)13(9)28-4)14(16(27)25-8(2)15(24)26)29-17(7,3)18(21,22)23/h5-8,11,14H,1-4H3,(H2,24,26)(H,25,27)/t7-,8-,11-,14+,17+/m0/s1. The van der Waals surface area contributed by atoms with Gasteiger partial charge in [0.1, 0.15) is 12.1 Å². The molecule has 11 heteroatoms. The first-order chi connectivity index (χ1) is 13.3. The molecular weight excluding hydrogens is 403 g/mol. The van der Waals surface area contributed by atoms with Gasteiger partial charge in [-0.2, -0.15) is 17.6 Å². The van der Waals surface area contributed by atoms with Crippen LogP contribution in [0.5, 0.6) is 5.75 Å². The van der Waals surface area contributed by atoms with Gasteiger partial charge in [0.15, 0.2) is 17.2 Å². The Morgan fingerprint density at radius 1 is 1.31 bits per heavy atom. The zero-order chi connectivity index (χ0) is 22.3. The number of benzene rings is 1. The molecule has 0 aliphatic carbocycles. The first-order valence-electron chi connectivity index (χ1n) is 8.62. The van der Waals surface area contributed by atoms with Crippen LogP contribution in [-0.4, -0.2) is 42.8 Å². The molecule has 1 heterocycles. The molecule has 1 aromatic carbocycles. The van der Waals surface area contributed by atoms with Gasteiger partial charge in [0.25, 0.3) is 0 Å². The zero-order valence-electron chi connectivity index (χ0n) is 16.1. The summed E-state index contributed by atoms with van der Waals surface area (Å²) < 4.78 is 79.0. The van der Waals surface area contributed by atoms with Crippen LogP contribution in [-0.2, 0) is 14.3 Å². The van der Waals surface area contributed by atoms with Crippen molar-refractivity contribution in [3.8, 4) is 5.75 Å². The van der Waals surface area contributed by atoms with Gasteiger partial charge in [0.2, 0.25) is 17.6 Å². The number of carbonyl (C=O) groups excluding carboxylic acids is 2. The van der Waals surface area contributed by atoms with Crippen molar-refractivity contribution in [3.63, 3.8) is 0 Å². The third kappa shape index (κ3) is 3.87. The van der Waals surface area contributed by atoms with Crippen LogP contribution >= 0.6 is 0 Å². The lowest BCUT2D eigenvalue weighted by atomic mass is 9.77. The Labute approximate surface area is 163 Å². The van der Waals surface area contributed by atoms with Gasteiger partial charge in [-0.25, -0.2) is 4.39 Å². The quantitative estimate of drug-likeness (QED) is 0.711. The largest absolute Gasteiger partial charge is 0.493 e. The summed E-state index contributed by atoms with van der Waals surface area (Å²) in [4.78, 5) is 23.8. The summed E-state index contributed by atoms with van der Waals surface area (Å²) in [7, 11) is 1.02. The van der Waals surface area contributed by atoms with Crippen molar-refractivity contribution >= 4 is 11.8 Å². The fourth-order valence-corrected chi connectivity index (χ4v) is 3.41. The van der Waals surface area contributed by atoms with E-state index in [9.17, 15) is 31.5 Å². The predicted octanol–water partition coefficient (Wildman–Crippen LogP) is 2.40. The molecule has 2 rings (SSSR count). The second-order valence-electron chi connectivity index (χ2n) is 7.07. The number of halogens is 5. The predicted molar refractivity (Wildman–Crippen MR) is 90.9 cm³/mol. The highest BCUT2D eigenvalue weighted by Crippen LogP contribution is 2.54. The van der Waals surface area contributed by atoms with Crippen LogP contribution in [0, 0.1) is 17.6 Å². The third-order valence-corrected chi connectivity index (χ3v) is 5.36. The highest BCUT2D eigenvalue weighted by Gasteiger charge is 2.66. The molecule has 0 radical (unpaired) electrons. The number of primary amides is 1. The lowest BCUT2D eigenvalue weighted by molar-refractivity contribution is -0.272. The van der Waals surface area contributed by atoms with E-state index in [1.165, 1.54) is 13.8 Å². The minimum Gasteiger partial charge on any atom is -0.493 e. The lowest BCUT2D eigenvalue weighted by Gasteiger charge is -2.32. The molecule has 5 atom stereocenters. The van der Waals surface area contributed by atoms with Crippen molar-refractivity contribution in [1.29, 1.82) is 0 Å². The van der Waals surface area contributed by atoms with Crippen molar-refractivity contribution in [1.82, 2.24) is 5.32 Å². The Bertz CT molecular complexity index is 816. The van der Waals surface area contributed by atoms with Crippen LogP contribution in [0.25, 0.3) is 0 Å². The van der Waals surface area contributed by atoms with E-state index in [0.29, 0.717) is 0 Å². The number of ether oxygens (including phenoxy) is 2.